The molecule has 0 unspecified atom stereocenters. The lowest BCUT2D eigenvalue weighted by Crippen LogP contribution is -2.40. The fourth-order valence-electron chi connectivity index (χ4n) is 3.08. The number of hydrogen-bond donors (Lipinski definition) is 3. The van der Waals surface area contributed by atoms with Gasteiger partial charge in [0.1, 0.15) is 17.4 Å². The number of nitrogens with one attached hydrogen (secondary N) is 2. The Labute approximate surface area is 197 Å². The van der Waals surface area contributed by atoms with Crippen LogP contribution in [0.2, 0.25) is 5.15 Å². The van der Waals surface area contributed by atoms with Gasteiger partial charge in [0.2, 0.25) is 5.91 Å². The third-order valence-corrected chi connectivity index (χ3v) is 5.91. The van der Waals surface area contributed by atoms with Gasteiger partial charge in [0.25, 0.3) is 5.56 Å². The average molecular weight is 498 g/mol. The lowest BCUT2D eigenvalue weighted by atomic mass is 10.1. The van der Waals surface area contributed by atoms with Crippen molar-refractivity contribution in [3.05, 3.63) is 75.5 Å². The van der Waals surface area contributed by atoms with E-state index >= 15 is 0 Å². The number of thioether (sulfide) groups is 1. The number of allylic oxidation sites excluding steroid dienone is 2. The Balaban J connectivity index is 1.68. The normalized spacial score (nSPS) is 13.6. The molecule has 0 atom stereocenters. The predicted molar refractivity (Wildman–Crippen MR) is 123 cm³/mol. The van der Waals surface area contributed by atoms with E-state index in [0.717, 1.165) is 27.3 Å². The average Bonchev–Trinajstić information content (AvgIpc) is 2.80. The second kappa shape index (κ2) is 10.8. The maximum absolute atomic E-state index is 14.5. The minimum Gasteiger partial charge on any atom is -0.359 e. The van der Waals surface area contributed by atoms with Crippen molar-refractivity contribution in [3.8, 4) is 0 Å². The van der Waals surface area contributed by atoms with Crippen molar-refractivity contribution < 1.29 is 18.8 Å². The van der Waals surface area contributed by atoms with Crippen molar-refractivity contribution in [2.75, 3.05) is 24.7 Å². The van der Waals surface area contributed by atoms with E-state index in [-0.39, 0.29) is 18.2 Å². The van der Waals surface area contributed by atoms with Gasteiger partial charge in [-0.2, -0.15) is 8.78 Å². The van der Waals surface area contributed by atoms with Crippen molar-refractivity contribution >= 4 is 35.1 Å². The van der Waals surface area contributed by atoms with E-state index in [1.165, 1.54) is 12.2 Å². The molecule has 0 bridgehead atoms. The van der Waals surface area contributed by atoms with Crippen LogP contribution in [0.15, 0.2) is 64.1 Å². The Morgan fingerprint density at radius 2 is 2.12 bits per heavy atom. The number of halogens is 3. The molecule has 2 aromatic rings. The Bertz CT molecular complexity index is 1140. The van der Waals surface area contributed by atoms with Crippen molar-refractivity contribution in [1.82, 2.24) is 19.9 Å². The molecule has 12 heteroatoms. The number of hydroxylamine groups is 2. The molecule has 0 spiro atoms. The molecule has 1 aromatic heterocycles. The molecule has 0 saturated heterocycles. The third kappa shape index (κ3) is 6.12. The number of amides is 1. The van der Waals surface area contributed by atoms with Crippen LogP contribution in [0.25, 0.3) is 0 Å². The van der Waals surface area contributed by atoms with Crippen molar-refractivity contribution in [2.45, 2.75) is 23.9 Å². The number of benzene rings is 1. The van der Waals surface area contributed by atoms with Crippen LogP contribution >= 0.6 is 23.4 Å². The van der Waals surface area contributed by atoms with Gasteiger partial charge in [-0.25, -0.2) is 4.98 Å². The molecule has 1 aliphatic rings. The van der Waals surface area contributed by atoms with Crippen LogP contribution < -0.4 is 16.2 Å². The summed E-state index contributed by atoms with van der Waals surface area (Å²) in [5.74, 6) is -4.36. The van der Waals surface area contributed by atoms with E-state index < -0.39 is 42.0 Å². The minimum atomic E-state index is -3.49. The summed E-state index contributed by atoms with van der Waals surface area (Å²) in [6.45, 7) is -1.23. The van der Waals surface area contributed by atoms with E-state index in [2.05, 4.69) is 15.6 Å². The fourth-order valence-corrected chi connectivity index (χ4v) is 3.88. The van der Waals surface area contributed by atoms with Gasteiger partial charge >= 0.3 is 5.92 Å². The topological polar surface area (TPSA) is 99.5 Å². The summed E-state index contributed by atoms with van der Waals surface area (Å²) in [6.07, 6.45) is 7.02. The zero-order valence-corrected chi connectivity index (χ0v) is 19.2. The first-order valence-corrected chi connectivity index (χ1v) is 11.4. The van der Waals surface area contributed by atoms with Crippen molar-refractivity contribution in [3.63, 3.8) is 0 Å². The quantitative estimate of drug-likeness (QED) is 0.458. The highest BCUT2D eigenvalue weighted by Crippen LogP contribution is 2.28. The van der Waals surface area contributed by atoms with Crippen LogP contribution in [-0.4, -0.2) is 51.0 Å². The largest absolute Gasteiger partial charge is 0.359 e. The van der Waals surface area contributed by atoms with Gasteiger partial charge in [0.15, 0.2) is 5.82 Å². The fraction of sp³-hybridized carbons (Fsp3) is 0.286. The molecule has 8 nitrogen and oxygen atoms in total. The van der Waals surface area contributed by atoms with Gasteiger partial charge in [-0.15, -0.1) is 11.8 Å². The van der Waals surface area contributed by atoms with Gasteiger partial charge in [-0.3, -0.25) is 24.4 Å². The molecule has 0 aliphatic carbocycles. The molecule has 33 heavy (non-hydrogen) atoms. The van der Waals surface area contributed by atoms with E-state index in [1.807, 2.05) is 30.5 Å². The second-order valence-corrected chi connectivity index (χ2v) is 8.26. The summed E-state index contributed by atoms with van der Waals surface area (Å²) in [7, 11) is 0. The Morgan fingerprint density at radius 1 is 1.36 bits per heavy atom. The summed E-state index contributed by atoms with van der Waals surface area (Å²) < 4.78 is 29.9. The Morgan fingerprint density at radius 3 is 2.85 bits per heavy atom. The summed E-state index contributed by atoms with van der Waals surface area (Å²) in [6, 6.07) is 7.56. The molecule has 0 saturated carbocycles. The summed E-state index contributed by atoms with van der Waals surface area (Å²) >= 11 is 7.57. The van der Waals surface area contributed by atoms with Gasteiger partial charge in [-0.05, 0) is 24.0 Å². The molecule has 1 aromatic carbocycles. The van der Waals surface area contributed by atoms with E-state index in [1.54, 1.807) is 11.8 Å². The van der Waals surface area contributed by atoms with Crippen LogP contribution in [0.1, 0.15) is 5.56 Å². The Kier molecular flexibility index (Phi) is 8.11. The molecule has 176 valence electrons. The van der Waals surface area contributed by atoms with Crippen molar-refractivity contribution in [1.29, 1.82) is 0 Å². The zero-order valence-electron chi connectivity index (χ0n) is 17.6. The molecule has 2 heterocycles. The van der Waals surface area contributed by atoms with Crippen LogP contribution in [0.4, 0.5) is 14.6 Å². The third-order valence-electron chi connectivity index (χ3n) is 4.78. The molecular formula is C21H22ClF2N5O3S. The van der Waals surface area contributed by atoms with Crippen LogP contribution in [0, 0.1) is 0 Å². The second-order valence-electron chi connectivity index (χ2n) is 7.03. The number of carbonyl (C=O) groups is 1. The first-order chi connectivity index (χ1) is 15.7. The molecule has 3 N–H and O–H groups in total. The predicted octanol–water partition coefficient (Wildman–Crippen LogP) is 3.13. The standard InChI is InChI=1S/C21H22ClF2N5O3S/c1-33-15-7-3-2-6-14(15)10-25-18(30)12-28-17(22)11-26-19(20(28)31)27-13-21(23,24)16-8-4-5-9-29(16)32/h2-8,11,32H,9-10,12-13H2,1H3,(H,25,30)(H,26,27). The summed E-state index contributed by atoms with van der Waals surface area (Å²) in [5.41, 5.74) is -0.520. The molecule has 3 rings (SSSR count). The lowest BCUT2D eigenvalue weighted by molar-refractivity contribution is -0.121. The first-order valence-electron chi connectivity index (χ1n) is 9.82. The smallest absolute Gasteiger partial charge is 0.306 e. The first kappa shape index (κ1) is 24.7. The summed E-state index contributed by atoms with van der Waals surface area (Å²) in [4.78, 5) is 29.9. The molecule has 0 fully saturated rings. The van der Waals surface area contributed by atoms with E-state index in [4.69, 9.17) is 11.6 Å². The van der Waals surface area contributed by atoms with Crippen LogP contribution in [0.3, 0.4) is 0 Å². The SMILES string of the molecule is CSc1ccccc1CNC(=O)Cn1c(Cl)cnc(NCC(F)(F)C2=CC=CCN2O)c1=O. The van der Waals surface area contributed by atoms with E-state index in [9.17, 15) is 23.6 Å². The van der Waals surface area contributed by atoms with Gasteiger partial charge in [0, 0.05) is 11.4 Å². The van der Waals surface area contributed by atoms with Crippen molar-refractivity contribution in [2.24, 2.45) is 0 Å². The van der Waals surface area contributed by atoms with Gasteiger partial charge < -0.3 is 10.6 Å². The number of aromatic nitrogens is 2. The molecule has 0 radical (unpaired) electrons. The zero-order chi connectivity index (χ0) is 24.0. The maximum atomic E-state index is 14.5. The summed E-state index contributed by atoms with van der Waals surface area (Å²) in [5, 5.41) is 15.0. The molecular weight excluding hydrogens is 476 g/mol. The van der Waals surface area contributed by atoms with Gasteiger partial charge in [0.05, 0.1) is 19.3 Å². The van der Waals surface area contributed by atoms with Crippen LogP contribution in [0.5, 0.6) is 0 Å². The number of nitrogens with zero attached hydrogens (tertiary/aromatic N) is 3. The van der Waals surface area contributed by atoms with E-state index in [0.29, 0.717) is 5.06 Å². The number of carbonyl (C=O) groups excluding carboxylic acids is 1. The highest BCUT2D eigenvalue weighted by Gasteiger charge is 2.38. The number of alkyl halides is 2. The van der Waals surface area contributed by atoms with Gasteiger partial charge in [-0.1, -0.05) is 42.0 Å². The molecule has 1 aliphatic heterocycles. The Hall–Kier alpha value is -2.89. The van der Waals surface area contributed by atoms with Crippen LogP contribution in [-0.2, 0) is 17.9 Å². The number of rotatable bonds is 9. The maximum Gasteiger partial charge on any atom is 0.306 e. The number of anilines is 1. The highest BCUT2D eigenvalue weighted by molar-refractivity contribution is 7.98. The molecule has 1 amide bonds. The minimum absolute atomic E-state index is 0.0794. The lowest BCUT2D eigenvalue weighted by Gasteiger charge is -2.28. The highest BCUT2D eigenvalue weighted by atomic mass is 35.5. The monoisotopic (exact) mass is 497 g/mol. The number of hydrogen-bond acceptors (Lipinski definition) is 7.